The number of hydrogen-bond acceptors (Lipinski definition) is 7. The molecule has 3 rings (SSSR count). The summed E-state index contributed by atoms with van der Waals surface area (Å²) >= 11 is 1.23. The fourth-order valence-corrected chi connectivity index (χ4v) is 3.36. The Morgan fingerprint density at radius 3 is 2.62 bits per heavy atom. The first-order chi connectivity index (χ1) is 14.0. The Kier molecular flexibility index (Phi) is 6.61. The van der Waals surface area contributed by atoms with Gasteiger partial charge in [0.05, 0.1) is 24.7 Å². The Hall–Kier alpha value is -3.20. The van der Waals surface area contributed by atoms with Crippen molar-refractivity contribution in [2.75, 3.05) is 24.9 Å². The summed E-state index contributed by atoms with van der Waals surface area (Å²) in [7, 11) is 1.61. The van der Waals surface area contributed by atoms with E-state index in [1.807, 2.05) is 49.4 Å². The first kappa shape index (κ1) is 20.5. The highest BCUT2D eigenvalue weighted by Crippen LogP contribution is 2.28. The van der Waals surface area contributed by atoms with Gasteiger partial charge in [0.2, 0.25) is 11.1 Å². The largest absolute Gasteiger partial charge is 0.497 e. The molecule has 0 bridgehead atoms. The van der Waals surface area contributed by atoms with Crippen LogP contribution in [0, 0.1) is 0 Å². The Balaban J connectivity index is 1.70. The molecule has 0 saturated carbocycles. The van der Waals surface area contributed by atoms with Crippen LogP contribution in [0.1, 0.15) is 13.8 Å². The smallest absolute Gasteiger partial charge is 0.237 e. The molecule has 0 radical (unpaired) electrons. The quantitative estimate of drug-likeness (QED) is 0.432. The van der Waals surface area contributed by atoms with E-state index in [2.05, 4.69) is 15.5 Å². The van der Waals surface area contributed by atoms with Crippen molar-refractivity contribution in [1.29, 1.82) is 0 Å². The number of nitrogens with one attached hydrogen (secondary N) is 1. The predicted molar refractivity (Wildman–Crippen MR) is 114 cm³/mol. The molecule has 0 aliphatic heterocycles. The number of benzene rings is 2. The summed E-state index contributed by atoms with van der Waals surface area (Å²) in [6.07, 6.45) is 0. The van der Waals surface area contributed by atoms with E-state index in [1.165, 1.54) is 16.4 Å². The van der Waals surface area contributed by atoms with Crippen LogP contribution in [0.15, 0.2) is 53.7 Å². The van der Waals surface area contributed by atoms with Crippen LogP contribution >= 0.6 is 11.8 Å². The lowest BCUT2D eigenvalue weighted by atomic mass is 10.2. The molecule has 0 aliphatic carbocycles. The van der Waals surface area contributed by atoms with Gasteiger partial charge in [-0.2, -0.15) is 0 Å². The molecule has 1 aromatic heterocycles. The maximum atomic E-state index is 12.6. The van der Waals surface area contributed by atoms with E-state index in [0.717, 1.165) is 11.3 Å². The van der Waals surface area contributed by atoms with Gasteiger partial charge in [-0.25, -0.2) is 4.68 Å². The highest BCUT2D eigenvalue weighted by atomic mass is 32.2. The minimum Gasteiger partial charge on any atom is -0.497 e. The number of nitrogen functional groups attached to an aromatic ring is 1. The van der Waals surface area contributed by atoms with Crippen molar-refractivity contribution in [2.24, 2.45) is 0 Å². The van der Waals surface area contributed by atoms with Crippen LogP contribution in [0.3, 0.4) is 0 Å². The van der Waals surface area contributed by atoms with Crippen molar-refractivity contribution in [3.05, 3.63) is 48.5 Å². The molecule has 2 aromatic carbocycles. The maximum Gasteiger partial charge on any atom is 0.237 e. The summed E-state index contributed by atoms with van der Waals surface area (Å²) in [5.74, 6) is 7.85. The number of carbonyl (C=O) groups excluding carboxylic acids is 1. The van der Waals surface area contributed by atoms with Gasteiger partial charge in [0, 0.05) is 5.56 Å². The minimum atomic E-state index is -0.445. The first-order valence-corrected chi connectivity index (χ1v) is 9.95. The second kappa shape index (κ2) is 9.33. The summed E-state index contributed by atoms with van der Waals surface area (Å²) in [4.78, 5) is 12.6. The number of aromatic nitrogens is 3. The zero-order valence-corrected chi connectivity index (χ0v) is 17.3. The number of methoxy groups -OCH3 is 1. The number of amides is 1. The molecule has 152 valence electrons. The van der Waals surface area contributed by atoms with Gasteiger partial charge < -0.3 is 20.6 Å². The molecule has 0 spiro atoms. The molecule has 8 nitrogen and oxygen atoms in total. The summed E-state index contributed by atoms with van der Waals surface area (Å²) in [6.45, 7) is 4.19. The molecule has 1 atom stereocenters. The van der Waals surface area contributed by atoms with E-state index in [1.54, 1.807) is 20.1 Å². The Morgan fingerprint density at radius 1 is 1.21 bits per heavy atom. The lowest BCUT2D eigenvalue weighted by molar-refractivity contribution is -0.115. The SMILES string of the molecule is CCOc1ccccc1NC(=O)[C@H](C)Sc1nnc(-c2ccc(OC)cc2)n1N. The van der Waals surface area contributed by atoms with Crippen molar-refractivity contribution in [3.8, 4) is 22.9 Å². The fourth-order valence-electron chi connectivity index (χ4n) is 2.59. The van der Waals surface area contributed by atoms with Gasteiger partial charge >= 0.3 is 0 Å². The Morgan fingerprint density at radius 2 is 1.93 bits per heavy atom. The molecule has 0 fully saturated rings. The van der Waals surface area contributed by atoms with E-state index in [4.69, 9.17) is 15.3 Å². The van der Waals surface area contributed by atoms with Gasteiger partial charge in [0.15, 0.2) is 5.82 Å². The third kappa shape index (κ3) is 4.80. The topological polar surface area (TPSA) is 104 Å². The number of hydrogen-bond donors (Lipinski definition) is 2. The summed E-state index contributed by atoms with van der Waals surface area (Å²) in [6, 6.07) is 14.7. The Labute approximate surface area is 173 Å². The van der Waals surface area contributed by atoms with Crippen molar-refractivity contribution >= 4 is 23.4 Å². The van der Waals surface area contributed by atoms with Gasteiger partial charge in [0.25, 0.3) is 0 Å². The third-order valence-corrected chi connectivity index (χ3v) is 5.17. The average Bonchev–Trinajstić information content (AvgIpc) is 3.09. The highest BCUT2D eigenvalue weighted by molar-refractivity contribution is 8.00. The zero-order valence-electron chi connectivity index (χ0n) is 16.5. The molecule has 29 heavy (non-hydrogen) atoms. The number of anilines is 1. The summed E-state index contributed by atoms with van der Waals surface area (Å²) in [5.41, 5.74) is 1.43. The van der Waals surface area contributed by atoms with Gasteiger partial charge in [-0.3, -0.25) is 4.79 Å². The first-order valence-electron chi connectivity index (χ1n) is 9.07. The molecule has 9 heteroatoms. The standard InChI is InChI=1S/C20H23N5O3S/c1-4-28-17-8-6-5-7-16(17)22-19(26)13(2)29-20-24-23-18(25(20)21)14-9-11-15(27-3)12-10-14/h5-13H,4,21H2,1-3H3,(H,22,26)/t13-/m0/s1. The lowest BCUT2D eigenvalue weighted by Gasteiger charge is -2.14. The number of thioether (sulfide) groups is 1. The van der Waals surface area contributed by atoms with Crippen molar-refractivity contribution in [2.45, 2.75) is 24.3 Å². The molecule has 3 N–H and O–H groups in total. The molecule has 0 unspecified atom stereocenters. The number of para-hydroxylation sites is 2. The highest BCUT2D eigenvalue weighted by Gasteiger charge is 2.21. The zero-order chi connectivity index (χ0) is 20.8. The Bertz CT molecular complexity index is 975. The van der Waals surface area contributed by atoms with Gasteiger partial charge in [0.1, 0.15) is 11.5 Å². The minimum absolute atomic E-state index is 0.184. The number of nitrogens with zero attached hydrogens (tertiary/aromatic N) is 3. The third-order valence-electron chi connectivity index (χ3n) is 4.11. The lowest BCUT2D eigenvalue weighted by Crippen LogP contribution is -2.24. The molecular formula is C20H23N5O3S. The fraction of sp³-hybridized carbons (Fsp3) is 0.250. The van der Waals surface area contributed by atoms with Gasteiger partial charge in [-0.05, 0) is 50.2 Å². The molecule has 3 aromatic rings. The molecule has 0 saturated heterocycles. The van der Waals surface area contributed by atoms with Gasteiger partial charge in [-0.1, -0.05) is 23.9 Å². The van der Waals surface area contributed by atoms with Gasteiger partial charge in [-0.15, -0.1) is 10.2 Å². The van der Waals surface area contributed by atoms with E-state index in [0.29, 0.717) is 29.0 Å². The molecular weight excluding hydrogens is 390 g/mol. The monoisotopic (exact) mass is 413 g/mol. The van der Waals surface area contributed by atoms with Crippen LogP contribution in [0.2, 0.25) is 0 Å². The van der Waals surface area contributed by atoms with Crippen LogP contribution in [0.25, 0.3) is 11.4 Å². The maximum absolute atomic E-state index is 12.6. The van der Waals surface area contributed by atoms with Crippen LogP contribution in [-0.2, 0) is 4.79 Å². The van der Waals surface area contributed by atoms with E-state index >= 15 is 0 Å². The molecule has 1 amide bonds. The van der Waals surface area contributed by atoms with Crippen LogP contribution < -0.4 is 20.6 Å². The normalized spacial score (nSPS) is 11.7. The van der Waals surface area contributed by atoms with Crippen LogP contribution in [0.4, 0.5) is 5.69 Å². The number of rotatable bonds is 8. The molecule has 1 heterocycles. The number of carbonyl (C=O) groups is 1. The van der Waals surface area contributed by atoms with Crippen molar-refractivity contribution in [3.63, 3.8) is 0 Å². The van der Waals surface area contributed by atoms with Crippen molar-refractivity contribution in [1.82, 2.24) is 14.9 Å². The van der Waals surface area contributed by atoms with E-state index < -0.39 is 5.25 Å². The average molecular weight is 414 g/mol. The number of ether oxygens (including phenoxy) is 2. The van der Waals surface area contributed by atoms with Crippen LogP contribution in [0.5, 0.6) is 11.5 Å². The van der Waals surface area contributed by atoms with E-state index in [-0.39, 0.29) is 5.91 Å². The predicted octanol–water partition coefficient (Wildman–Crippen LogP) is 3.19. The second-order valence-corrected chi connectivity index (χ2v) is 7.39. The molecule has 0 aliphatic rings. The van der Waals surface area contributed by atoms with Crippen molar-refractivity contribution < 1.29 is 14.3 Å². The summed E-state index contributed by atoms with van der Waals surface area (Å²) < 4.78 is 12.1. The number of nitrogens with two attached hydrogens (primary N) is 1. The van der Waals surface area contributed by atoms with E-state index in [9.17, 15) is 4.79 Å². The summed E-state index contributed by atoms with van der Waals surface area (Å²) in [5, 5.41) is 11.2. The van der Waals surface area contributed by atoms with Crippen LogP contribution in [-0.4, -0.2) is 39.7 Å². The second-order valence-electron chi connectivity index (χ2n) is 6.08.